The van der Waals surface area contributed by atoms with Gasteiger partial charge >= 0.3 is 0 Å². The van der Waals surface area contributed by atoms with E-state index in [0.29, 0.717) is 6.29 Å². The fraction of sp³-hybridized carbons (Fsp3) is 0. The summed E-state index contributed by atoms with van der Waals surface area (Å²) in [4.78, 5) is 10.2. The van der Waals surface area contributed by atoms with Crippen LogP contribution in [0, 0.1) is 4.77 Å². The topological polar surface area (TPSA) is 88.8 Å². The first-order valence-electron chi connectivity index (χ1n) is 2.94. The lowest BCUT2D eigenvalue weighted by Gasteiger charge is -1.87. The highest BCUT2D eigenvalue weighted by molar-refractivity contribution is 7.71. The third-order valence-electron chi connectivity index (χ3n) is 1.18. The molecule has 60 valence electrons. The smallest absolute Gasteiger partial charge is 0.289 e. The molecular weight excluding hydrogens is 180 g/mol. The van der Waals surface area contributed by atoms with Crippen LogP contribution in [-0.2, 0) is 0 Å². The van der Waals surface area contributed by atoms with Crippen molar-refractivity contribution in [2.45, 2.75) is 0 Å². The van der Waals surface area contributed by atoms with Crippen LogP contribution in [0.25, 0.3) is 5.78 Å². The van der Waals surface area contributed by atoms with Crippen molar-refractivity contribution in [2.75, 3.05) is 0 Å². The van der Waals surface area contributed by atoms with E-state index in [4.69, 9.17) is 12.2 Å². The molecule has 0 atom stereocenters. The molecule has 0 saturated carbocycles. The van der Waals surface area contributed by atoms with Crippen molar-refractivity contribution in [3.63, 3.8) is 0 Å². The van der Waals surface area contributed by atoms with E-state index < -0.39 is 0 Å². The Kier molecular flexibility index (Phi) is 1.40. The maximum atomic E-state index is 10.2. The van der Waals surface area contributed by atoms with E-state index in [1.54, 1.807) is 0 Å². The zero-order chi connectivity index (χ0) is 8.55. The fourth-order valence-corrected chi connectivity index (χ4v) is 0.872. The monoisotopic (exact) mass is 182 g/mol. The molecule has 0 fully saturated rings. The minimum absolute atomic E-state index is 0.0278. The summed E-state index contributed by atoms with van der Waals surface area (Å²) in [5.74, 6) is 0.214. The number of aromatic nitrogens is 6. The first-order chi connectivity index (χ1) is 5.81. The number of hydrogen-bond donors (Lipinski definition) is 1. The molecule has 0 spiro atoms. The van der Waals surface area contributed by atoms with Crippen LogP contribution in [0.1, 0.15) is 10.6 Å². The number of rotatable bonds is 1. The van der Waals surface area contributed by atoms with Gasteiger partial charge in [-0.15, -0.1) is 20.4 Å². The van der Waals surface area contributed by atoms with E-state index in [9.17, 15) is 4.79 Å². The number of nitrogens with one attached hydrogen (secondary N) is 1. The van der Waals surface area contributed by atoms with Crippen LogP contribution in [-0.4, -0.2) is 36.3 Å². The molecule has 2 aromatic heterocycles. The second-order valence-corrected chi connectivity index (χ2v) is 2.30. The van der Waals surface area contributed by atoms with Gasteiger partial charge in [0.2, 0.25) is 10.6 Å². The second-order valence-electron chi connectivity index (χ2n) is 1.92. The summed E-state index contributed by atoms with van der Waals surface area (Å²) in [5.41, 5.74) is 0. The Balaban J connectivity index is 2.88. The third kappa shape index (κ3) is 0.889. The number of aromatic amines is 1. The number of H-pyrrole nitrogens is 1. The maximum absolute atomic E-state index is 10.2. The van der Waals surface area contributed by atoms with Crippen LogP contribution < -0.4 is 0 Å². The van der Waals surface area contributed by atoms with Crippen LogP contribution in [0.5, 0.6) is 0 Å². The van der Waals surface area contributed by atoms with Gasteiger partial charge in [-0.2, -0.15) is 4.52 Å². The third-order valence-corrected chi connectivity index (χ3v) is 1.45. The molecule has 0 aliphatic heterocycles. The second kappa shape index (κ2) is 2.41. The lowest BCUT2D eigenvalue weighted by Crippen LogP contribution is -2.03. The lowest BCUT2D eigenvalue weighted by atomic mass is 10.7. The molecule has 2 heterocycles. The van der Waals surface area contributed by atoms with E-state index in [2.05, 4.69) is 25.5 Å². The van der Waals surface area contributed by atoms with Gasteiger partial charge in [-0.3, -0.25) is 4.79 Å². The summed E-state index contributed by atoms with van der Waals surface area (Å²) in [5, 5.41) is 16.9. The molecule has 12 heavy (non-hydrogen) atoms. The highest BCUT2D eigenvalue weighted by Crippen LogP contribution is 1.90. The molecule has 0 radical (unpaired) electrons. The summed E-state index contributed by atoms with van der Waals surface area (Å²) in [7, 11) is 0. The standard InChI is InChI=1S/C4H2N6OS/c11-1-2-5-6-3-7-8-4(12)10(3)9-2/h1H,(H,8,12). The van der Waals surface area contributed by atoms with Crippen molar-refractivity contribution in [1.29, 1.82) is 0 Å². The van der Waals surface area contributed by atoms with Crippen LogP contribution in [0.15, 0.2) is 0 Å². The first-order valence-corrected chi connectivity index (χ1v) is 3.35. The van der Waals surface area contributed by atoms with E-state index in [1.165, 1.54) is 4.52 Å². The van der Waals surface area contributed by atoms with E-state index in [1.807, 2.05) is 0 Å². The van der Waals surface area contributed by atoms with E-state index in [0.717, 1.165) is 0 Å². The number of nitrogens with zero attached hydrogens (tertiary/aromatic N) is 5. The van der Waals surface area contributed by atoms with Gasteiger partial charge in [0, 0.05) is 0 Å². The predicted molar refractivity (Wildman–Crippen MR) is 39.1 cm³/mol. The molecule has 0 aromatic carbocycles. The van der Waals surface area contributed by atoms with E-state index >= 15 is 0 Å². The van der Waals surface area contributed by atoms with Crippen molar-refractivity contribution in [1.82, 2.24) is 30.0 Å². The largest absolute Gasteiger partial charge is 0.294 e. The molecule has 0 saturated heterocycles. The molecule has 0 aliphatic carbocycles. The Hall–Kier alpha value is -1.70. The first kappa shape index (κ1) is 6.98. The fourth-order valence-electron chi connectivity index (χ4n) is 0.704. The van der Waals surface area contributed by atoms with Crippen molar-refractivity contribution in [3.05, 3.63) is 10.6 Å². The quantitative estimate of drug-likeness (QED) is 0.467. The molecule has 1 N–H and O–H groups in total. The minimum atomic E-state index is -0.0278. The molecule has 0 unspecified atom stereocenters. The van der Waals surface area contributed by atoms with Crippen molar-refractivity contribution in [2.24, 2.45) is 0 Å². The number of aldehydes is 1. The molecule has 0 bridgehead atoms. The minimum Gasteiger partial charge on any atom is -0.294 e. The Morgan fingerprint density at radius 3 is 3.08 bits per heavy atom. The Morgan fingerprint density at radius 2 is 2.33 bits per heavy atom. The van der Waals surface area contributed by atoms with Gasteiger partial charge in [0.1, 0.15) is 0 Å². The van der Waals surface area contributed by atoms with Gasteiger partial charge in [0.25, 0.3) is 5.78 Å². The highest BCUT2D eigenvalue weighted by atomic mass is 32.1. The summed E-state index contributed by atoms with van der Waals surface area (Å²) < 4.78 is 1.51. The van der Waals surface area contributed by atoms with Crippen molar-refractivity contribution < 1.29 is 4.79 Å². The van der Waals surface area contributed by atoms with Crippen molar-refractivity contribution >= 4 is 24.3 Å². The zero-order valence-corrected chi connectivity index (χ0v) is 6.45. The molecule has 0 aliphatic rings. The zero-order valence-electron chi connectivity index (χ0n) is 5.63. The predicted octanol–water partition coefficient (Wildman–Crippen LogP) is -0.611. The lowest BCUT2D eigenvalue weighted by molar-refractivity contribution is 0.111. The summed E-state index contributed by atoms with van der Waals surface area (Å²) in [6.45, 7) is 0. The Labute approximate surface area is 70.4 Å². The number of carbonyl (C=O) groups excluding carboxylic acids is 1. The summed E-state index contributed by atoms with van der Waals surface area (Å²) >= 11 is 4.79. The Morgan fingerprint density at radius 1 is 1.50 bits per heavy atom. The SMILES string of the molecule is O=Cc1nnc2n[nH]c(=S)n2n1. The van der Waals surface area contributed by atoms with Gasteiger partial charge < -0.3 is 0 Å². The van der Waals surface area contributed by atoms with Crippen LogP contribution >= 0.6 is 12.2 Å². The number of carbonyl (C=O) groups is 1. The average molecular weight is 182 g/mol. The molecule has 0 amide bonds. The van der Waals surface area contributed by atoms with Crippen LogP contribution in [0.2, 0.25) is 0 Å². The van der Waals surface area contributed by atoms with Gasteiger partial charge in [-0.25, -0.2) is 5.10 Å². The van der Waals surface area contributed by atoms with Gasteiger partial charge in [-0.1, -0.05) is 0 Å². The van der Waals surface area contributed by atoms with Gasteiger partial charge in [-0.05, 0) is 12.2 Å². The van der Waals surface area contributed by atoms with E-state index in [-0.39, 0.29) is 16.4 Å². The molecule has 2 aromatic rings. The number of hydrogen-bond acceptors (Lipinski definition) is 6. The summed E-state index contributed by atoms with van der Waals surface area (Å²) in [6, 6.07) is 0. The normalized spacial score (nSPS) is 10.3. The maximum Gasteiger partial charge on any atom is 0.289 e. The van der Waals surface area contributed by atoms with Crippen LogP contribution in [0.4, 0.5) is 0 Å². The Bertz CT molecular complexity index is 485. The van der Waals surface area contributed by atoms with Crippen LogP contribution in [0.3, 0.4) is 0 Å². The van der Waals surface area contributed by atoms with Gasteiger partial charge in [0.05, 0.1) is 0 Å². The average Bonchev–Trinajstić information content (AvgIpc) is 2.47. The molecule has 7 nitrogen and oxygen atoms in total. The van der Waals surface area contributed by atoms with Crippen molar-refractivity contribution in [3.8, 4) is 0 Å². The molecule has 8 heteroatoms. The summed E-state index contributed by atoms with van der Waals surface area (Å²) in [6.07, 6.45) is 0.487. The number of fused-ring (bicyclic) bond motifs is 1. The molecule has 2 rings (SSSR count). The molecular formula is C4H2N6OS. The highest BCUT2D eigenvalue weighted by Gasteiger charge is 2.01. The van der Waals surface area contributed by atoms with Gasteiger partial charge in [0.15, 0.2) is 6.29 Å².